The van der Waals surface area contributed by atoms with E-state index >= 15 is 0 Å². The molecule has 1 unspecified atom stereocenters. The van der Waals surface area contributed by atoms with Gasteiger partial charge in [0.05, 0.1) is 6.42 Å². The summed E-state index contributed by atoms with van der Waals surface area (Å²) in [4.78, 5) is 0. The maximum Gasteiger partial charge on any atom is 0.390 e. The minimum atomic E-state index is -4.19. The molecule has 0 aliphatic carbocycles. The average Bonchev–Trinajstić information content (AvgIpc) is 2.05. The molecule has 0 aliphatic rings. The molecule has 0 bridgehead atoms. The Morgan fingerprint density at radius 2 is 1.87 bits per heavy atom. The number of hydrogen-bond donors (Lipinski definition) is 1. The van der Waals surface area contributed by atoms with Crippen LogP contribution in [-0.2, 0) is 6.42 Å². The van der Waals surface area contributed by atoms with Gasteiger partial charge in [0.2, 0.25) is 0 Å². The Morgan fingerprint density at radius 3 is 2.40 bits per heavy atom. The van der Waals surface area contributed by atoms with Gasteiger partial charge in [0.15, 0.2) is 0 Å². The van der Waals surface area contributed by atoms with E-state index in [0.717, 1.165) is 10.0 Å². The Morgan fingerprint density at radius 1 is 1.27 bits per heavy atom. The smallest absolute Gasteiger partial charge is 0.327 e. The van der Waals surface area contributed by atoms with Gasteiger partial charge in [-0.05, 0) is 18.1 Å². The third kappa shape index (κ3) is 4.66. The lowest BCUT2D eigenvalue weighted by Gasteiger charge is -2.14. The average molecular weight is 282 g/mol. The van der Waals surface area contributed by atoms with Gasteiger partial charge in [0.1, 0.15) is 0 Å². The Balaban J connectivity index is 2.59. The largest absolute Gasteiger partial charge is 0.390 e. The van der Waals surface area contributed by atoms with E-state index in [2.05, 4.69) is 15.9 Å². The van der Waals surface area contributed by atoms with Crippen LogP contribution in [0.5, 0.6) is 0 Å². The molecule has 0 saturated heterocycles. The standard InChI is InChI=1S/C10H11BrF3N/c11-9-4-2-1-3-7(9)5-8(15)6-10(12,13)14/h1-4,8H,5-6,15H2. The summed E-state index contributed by atoms with van der Waals surface area (Å²) in [6.45, 7) is 0. The van der Waals surface area contributed by atoms with Crippen molar-refractivity contribution in [3.8, 4) is 0 Å². The third-order valence-electron chi connectivity index (χ3n) is 1.93. The maximum absolute atomic E-state index is 12.0. The molecule has 2 N–H and O–H groups in total. The van der Waals surface area contributed by atoms with E-state index in [9.17, 15) is 13.2 Å². The first-order chi connectivity index (χ1) is 6.88. The highest BCUT2D eigenvalue weighted by Crippen LogP contribution is 2.24. The number of benzene rings is 1. The zero-order valence-corrected chi connectivity index (χ0v) is 9.48. The topological polar surface area (TPSA) is 26.0 Å². The molecule has 0 heterocycles. The van der Waals surface area contributed by atoms with Crippen LogP contribution in [0.15, 0.2) is 28.7 Å². The van der Waals surface area contributed by atoms with Crippen LogP contribution in [0.2, 0.25) is 0 Å². The SMILES string of the molecule is NC(Cc1ccccc1Br)CC(F)(F)F. The van der Waals surface area contributed by atoms with E-state index in [1.165, 1.54) is 0 Å². The van der Waals surface area contributed by atoms with E-state index in [0.29, 0.717) is 0 Å². The highest BCUT2D eigenvalue weighted by molar-refractivity contribution is 9.10. The van der Waals surface area contributed by atoms with Crippen LogP contribution in [-0.4, -0.2) is 12.2 Å². The molecule has 1 nitrogen and oxygen atoms in total. The summed E-state index contributed by atoms with van der Waals surface area (Å²) in [6.07, 6.45) is -4.92. The fraction of sp³-hybridized carbons (Fsp3) is 0.400. The second-order valence-electron chi connectivity index (χ2n) is 3.37. The number of halogens is 4. The number of rotatable bonds is 3. The molecule has 0 spiro atoms. The van der Waals surface area contributed by atoms with Crippen molar-refractivity contribution in [1.82, 2.24) is 0 Å². The van der Waals surface area contributed by atoms with Gasteiger partial charge in [-0.25, -0.2) is 0 Å². The summed E-state index contributed by atoms with van der Waals surface area (Å²) in [6, 6.07) is 6.25. The van der Waals surface area contributed by atoms with Crippen LogP contribution >= 0.6 is 15.9 Å². The van der Waals surface area contributed by atoms with Crippen LogP contribution in [0.1, 0.15) is 12.0 Å². The summed E-state index contributed by atoms with van der Waals surface area (Å²) in [7, 11) is 0. The normalized spacial score (nSPS) is 13.9. The second-order valence-corrected chi connectivity index (χ2v) is 4.23. The molecule has 0 aliphatic heterocycles. The lowest BCUT2D eigenvalue weighted by Crippen LogP contribution is -2.29. The Labute approximate surface area is 94.6 Å². The molecular formula is C10H11BrF3N. The van der Waals surface area contributed by atoms with Crippen molar-refractivity contribution in [2.75, 3.05) is 0 Å². The molecule has 15 heavy (non-hydrogen) atoms. The van der Waals surface area contributed by atoms with Crippen LogP contribution in [0, 0.1) is 0 Å². The first kappa shape index (κ1) is 12.5. The molecule has 1 aromatic rings. The lowest BCUT2D eigenvalue weighted by molar-refractivity contribution is -0.138. The first-order valence-electron chi connectivity index (χ1n) is 4.44. The van der Waals surface area contributed by atoms with E-state index in [-0.39, 0.29) is 6.42 Å². The van der Waals surface area contributed by atoms with Gasteiger partial charge in [0.25, 0.3) is 0 Å². The summed E-state index contributed by atoms with van der Waals surface area (Å²) in [5.74, 6) is 0. The van der Waals surface area contributed by atoms with Gasteiger partial charge in [-0.2, -0.15) is 13.2 Å². The van der Waals surface area contributed by atoms with Crippen molar-refractivity contribution in [2.45, 2.75) is 25.1 Å². The Hall–Kier alpha value is -0.550. The summed E-state index contributed by atoms with van der Waals surface area (Å²) < 4.78 is 36.8. The minimum Gasteiger partial charge on any atom is -0.327 e. The van der Waals surface area contributed by atoms with Crippen molar-refractivity contribution in [3.63, 3.8) is 0 Å². The predicted octanol–water partition coefficient (Wildman–Crippen LogP) is 3.27. The van der Waals surface area contributed by atoms with Gasteiger partial charge < -0.3 is 5.73 Å². The minimum absolute atomic E-state index is 0.223. The van der Waals surface area contributed by atoms with E-state index < -0.39 is 18.6 Å². The lowest BCUT2D eigenvalue weighted by atomic mass is 10.0. The van der Waals surface area contributed by atoms with E-state index in [1.807, 2.05) is 6.07 Å². The van der Waals surface area contributed by atoms with Crippen LogP contribution in [0.4, 0.5) is 13.2 Å². The Bertz CT molecular complexity index is 325. The Kier molecular flexibility index (Phi) is 4.16. The predicted molar refractivity (Wildman–Crippen MR) is 56.5 cm³/mol. The van der Waals surface area contributed by atoms with Gasteiger partial charge in [-0.3, -0.25) is 0 Å². The van der Waals surface area contributed by atoms with Crippen LogP contribution in [0.3, 0.4) is 0 Å². The summed E-state index contributed by atoms with van der Waals surface area (Å²) >= 11 is 3.27. The van der Waals surface area contributed by atoms with Crippen LogP contribution in [0.25, 0.3) is 0 Å². The van der Waals surface area contributed by atoms with E-state index in [1.54, 1.807) is 18.2 Å². The van der Waals surface area contributed by atoms with Crippen molar-refractivity contribution in [3.05, 3.63) is 34.3 Å². The molecule has 0 saturated carbocycles. The summed E-state index contributed by atoms with van der Waals surface area (Å²) in [5.41, 5.74) is 6.22. The molecule has 1 rings (SSSR count). The van der Waals surface area contributed by atoms with Crippen molar-refractivity contribution in [2.24, 2.45) is 5.73 Å². The second kappa shape index (κ2) is 4.99. The molecule has 1 aromatic carbocycles. The maximum atomic E-state index is 12.0. The molecular weight excluding hydrogens is 271 g/mol. The molecule has 0 aromatic heterocycles. The third-order valence-corrected chi connectivity index (χ3v) is 2.71. The van der Waals surface area contributed by atoms with Gasteiger partial charge in [-0.1, -0.05) is 34.1 Å². The van der Waals surface area contributed by atoms with Crippen molar-refractivity contribution in [1.29, 1.82) is 0 Å². The highest BCUT2D eigenvalue weighted by atomic mass is 79.9. The van der Waals surface area contributed by atoms with Gasteiger partial charge in [0, 0.05) is 10.5 Å². The van der Waals surface area contributed by atoms with E-state index in [4.69, 9.17) is 5.73 Å². The van der Waals surface area contributed by atoms with Gasteiger partial charge >= 0.3 is 6.18 Å². The molecule has 1 atom stereocenters. The first-order valence-corrected chi connectivity index (χ1v) is 5.23. The quantitative estimate of drug-likeness (QED) is 0.904. The molecule has 5 heteroatoms. The summed E-state index contributed by atoms with van der Waals surface area (Å²) in [5, 5.41) is 0. The van der Waals surface area contributed by atoms with Crippen LogP contribution < -0.4 is 5.73 Å². The zero-order chi connectivity index (χ0) is 11.5. The molecule has 0 fully saturated rings. The highest BCUT2D eigenvalue weighted by Gasteiger charge is 2.30. The fourth-order valence-electron chi connectivity index (χ4n) is 1.32. The zero-order valence-electron chi connectivity index (χ0n) is 7.89. The fourth-order valence-corrected chi connectivity index (χ4v) is 1.76. The molecule has 0 radical (unpaired) electrons. The number of alkyl halides is 3. The van der Waals surface area contributed by atoms with Gasteiger partial charge in [-0.15, -0.1) is 0 Å². The molecule has 0 amide bonds. The number of hydrogen-bond acceptors (Lipinski definition) is 1. The number of nitrogens with two attached hydrogens (primary N) is 1. The monoisotopic (exact) mass is 281 g/mol. The van der Waals surface area contributed by atoms with Crippen molar-refractivity contribution >= 4 is 15.9 Å². The molecule has 84 valence electrons. The van der Waals surface area contributed by atoms with Crippen molar-refractivity contribution < 1.29 is 13.2 Å².